The van der Waals surface area contributed by atoms with Crippen LogP contribution in [-0.2, 0) is 0 Å². The molecule has 1 spiro atoms. The second-order valence-electron chi connectivity index (χ2n) is 8.81. The van der Waals surface area contributed by atoms with Crippen LogP contribution in [0.3, 0.4) is 0 Å². The molecule has 0 aromatic rings. The molecule has 1 aliphatic carbocycles. The molecule has 0 radical (unpaired) electrons. The minimum Gasteiger partial charge on any atom is -0.301 e. The fraction of sp³-hybridized carbons (Fsp3) is 1.00. The first kappa shape index (κ1) is 18.6. The van der Waals surface area contributed by atoms with Gasteiger partial charge in [0.1, 0.15) is 0 Å². The molecule has 2 saturated heterocycles. The van der Waals surface area contributed by atoms with Crippen molar-refractivity contribution in [3.05, 3.63) is 0 Å². The smallest absolute Gasteiger partial charge is 0.0334 e. The minimum atomic E-state index is 0.513. The van der Waals surface area contributed by atoms with Gasteiger partial charge in [-0.2, -0.15) is 0 Å². The summed E-state index contributed by atoms with van der Waals surface area (Å²) in [6.07, 6.45) is 8.55. The Morgan fingerprint density at radius 1 is 0.792 bits per heavy atom. The van der Waals surface area contributed by atoms with Gasteiger partial charge in [-0.05, 0) is 53.2 Å². The lowest BCUT2D eigenvalue weighted by molar-refractivity contribution is -0.0109. The predicted octanol–water partition coefficient (Wildman–Crippen LogP) is 2.35. The Morgan fingerprint density at radius 3 is 2.08 bits per heavy atom. The third-order valence-electron chi connectivity index (χ3n) is 6.95. The fourth-order valence-electron chi connectivity index (χ4n) is 5.11. The Labute approximate surface area is 150 Å². The van der Waals surface area contributed by atoms with Crippen LogP contribution >= 0.6 is 0 Å². The third-order valence-corrected chi connectivity index (χ3v) is 6.95. The lowest BCUT2D eigenvalue weighted by Crippen LogP contribution is -2.61. The lowest BCUT2D eigenvalue weighted by Gasteiger charge is -2.51. The molecule has 0 atom stereocenters. The number of hydrogen-bond acceptors (Lipinski definition) is 4. The normalized spacial score (nSPS) is 28.0. The minimum absolute atomic E-state index is 0.513. The number of rotatable bonds is 5. The Hall–Kier alpha value is -0.160. The van der Waals surface area contributed by atoms with E-state index in [1.165, 1.54) is 97.4 Å². The molecule has 3 rings (SSSR count). The summed E-state index contributed by atoms with van der Waals surface area (Å²) in [7, 11) is 2.37. The highest BCUT2D eigenvalue weighted by atomic mass is 15.3. The van der Waals surface area contributed by atoms with E-state index in [2.05, 4.69) is 40.5 Å². The zero-order valence-electron chi connectivity index (χ0n) is 16.5. The summed E-state index contributed by atoms with van der Waals surface area (Å²) in [6.45, 7) is 16.2. The van der Waals surface area contributed by atoms with E-state index in [-0.39, 0.29) is 0 Å². The van der Waals surface area contributed by atoms with Crippen molar-refractivity contribution in [3.8, 4) is 0 Å². The summed E-state index contributed by atoms with van der Waals surface area (Å²) in [5.41, 5.74) is 0.513. The van der Waals surface area contributed by atoms with Crippen molar-refractivity contribution < 1.29 is 0 Å². The monoisotopic (exact) mass is 336 g/mol. The summed E-state index contributed by atoms with van der Waals surface area (Å²) >= 11 is 0. The van der Waals surface area contributed by atoms with Crippen LogP contribution in [0.15, 0.2) is 0 Å². The fourth-order valence-corrected chi connectivity index (χ4v) is 5.11. The highest BCUT2D eigenvalue weighted by Gasteiger charge is 2.40. The van der Waals surface area contributed by atoms with Crippen LogP contribution in [0.4, 0.5) is 0 Å². The van der Waals surface area contributed by atoms with Crippen LogP contribution in [-0.4, -0.2) is 97.1 Å². The predicted molar refractivity (Wildman–Crippen MR) is 103 cm³/mol. The molecule has 1 saturated carbocycles. The zero-order chi connectivity index (χ0) is 17.0. The van der Waals surface area contributed by atoms with Crippen LogP contribution in [0.1, 0.15) is 52.4 Å². The standard InChI is InChI=1S/C20H40N4/c1-19(2)24-16-14-22(15-17-24)10-7-11-23-13-12-21(3)20(18-23)8-5-4-6-9-20/h19H,4-18H2,1-3H3. The zero-order valence-corrected chi connectivity index (χ0v) is 16.5. The van der Waals surface area contributed by atoms with Gasteiger partial charge in [0.25, 0.3) is 0 Å². The molecule has 3 aliphatic rings. The van der Waals surface area contributed by atoms with Gasteiger partial charge in [-0.15, -0.1) is 0 Å². The summed E-state index contributed by atoms with van der Waals surface area (Å²) in [6, 6.07) is 0.712. The SMILES string of the molecule is CC(C)N1CCN(CCCN2CCN(C)C3(CCCCC3)C2)CC1. The van der Waals surface area contributed by atoms with Crippen molar-refractivity contribution in [2.75, 3.05) is 66.0 Å². The van der Waals surface area contributed by atoms with Gasteiger partial charge >= 0.3 is 0 Å². The van der Waals surface area contributed by atoms with Crippen molar-refractivity contribution >= 4 is 0 Å². The average molecular weight is 337 g/mol. The highest BCUT2D eigenvalue weighted by molar-refractivity contribution is 4.97. The molecule has 0 aromatic heterocycles. The molecule has 2 aliphatic heterocycles. The van der Waals surface area contributed by atoms with Crippen molar-refractivity contribution in [1.29, 1.82) is 0 Å². The molecule has 0 amide bonds. The topological polar surface area (TPSA) is 13.0 Å². The van der Waals surface area contributed by atoms with Crippen molar-refractivity contribution in [2.24, 2.45) is 0 Å². The maximum absolute atomic E-state index is 2.77. The summed E-state index contributed by atoms with van der Waals surface area (Å²) < 4.78 is 0. The molecule has 4 nitrogen and oxygen atoms in total. The molecule has 0 unspecified atom stereocenters. The summed E-state index contributed by atoms with van der Waals surface area (Å²) in [5.74, 6) is 0. The molecule has 4 heteroatoms. The van der Waals surface area contributed by atoms with E-state index in [1.807, 2.05) is 0 Å². The Bertz CT molecular complexity index is 370. The molecule has 2 heterocycles. The van der Waals surface area contributed by atoms with Crippen LogP contribution in [0.2, 0.25) is 0 Å². The molecule has 140 valence electrons. The van der Waals surface area contributed by atoms with E-state index < -0.39 is 0 Å². The molecular formula is C20H40N4. The van der Waals surface area contributed by atoms with Crippen molar-refractivity contribution in [3.63, 3.8) is 0 Å². The first-order chi connectivity index (χ1) is 11.6. The second kappa shape index (κ2) is 8.48. The first-order valence-electron chi connectivity index (χ1n) is 10.5. The van der Waals surface area contributed by atoms with E-state index in [1.54, 1.807) is 0 Å². The molecule has 0 bridgehead atoms. The summed E-state index contributed by atoms with van der Waals surface area (Å²) in [5, 5.41) is 0. The third kappa shape index (κ3) is 4.51. The van der Waals surface area contributed by atoms with Gasteiger partial charge in [-0.25, -0.2) is 0 Å². The van der Waals surface area contributed by atoms with E-state index in [9.17, 15) is 0 Å². The second-order valence-corrected chi connectivity index (χ2v) is 8.81. The molecule has 0 N–H and O–H groups in total. The van der Waals surface area contributed by atoms with Gasteiger partial charge in [-0.1, -0.05) is 19.3 Å². The Morgan fingerprint density at radius 2 is 1.42 bits per heavy atom. The van der Waals surface area contributed by atoms with Gasteiger partial charge in [0.05, 0.1) is 0 Å². The first-order valence-corrected chi connectivity index (χ1v) is 10.5. The van der Waals surface area contributed by atoms with Gasteiger partial charge in [0.2, 0.25) is 0 Å². The van der Waals surface area contributed by atoms with Crippen LogP contribution in [0, 0.1) is 0 Å². The quantitative estimate of drug-likeness (QED) is 0.764. The number of hydrogen-bond donors (Lipinski definition) is 0. The van der Waals surface area contributed by atoms with E-state index >= 15 is 0 Å². The van der Waals surface area contributed by atoms with Crippen molar-refractivity contribution in [1.82, 2.24) is 19.6 Å². The largest absolute Gasteiger partial charge is 0.301 e. The summed E-state index contributed by atoms with van der Waals surface area (Å²) in [4.78, 5) is 10.8. The molecule has 24 heavy (non-hydrogen) atoms. The number of likely N-dealkylation sites (N-methyl/N-ethyl adjacent to an activating group) is 1. The van der Waals surface area contributed by atoms with E-state index in [0.29, 0.717) is 11.6 Å². The molecule has 0 aromatic carbocycles. The maximum Gasteiger partial charge on any atom is 0.0334 e. The van der Waals surface area contributed by atoms with E-state index in [0.717, 1.165) is 0 Å². The number of piperazine rings is 2. The van der Waals surface area contributed by atoms with Crippen LogP contribution in [0.25, 0.3) is 0 Å². The highest BCUT2D eigenvalue weighted by Crippen LogP contribution is 2.35. The average Bonchev–Trinajstić information content (AvgIpc) is 2.59. The maximum atomic E-state index is 2.77. The van der Waals surface area contributed by atoms with Gasteiger partial charge in [0, 0.05) is 57.4 Å². The van der Waals surface area contributed by atoms with Crippen LogP contribution < -0.4 is 0 Å². The Balaban J connectivity index is 1.38. The molecule has 3 fully saturated rings. The van der Waals surface area contributed by atoms with Gasteiger partial charge < -0.3 is 9.80 Å². The van der Waals surface area contributed by atoms with Crippen LogP contribution in [0.5, 0.6) is 0 Å². The van der Waals surface area contributed by atoms with E-state index in [4.69, 9.17) is 0 Å². The van der Waals surface area contributed by atoms with Gasteiger partial charge in [0.15, 0.2) is 0 Å². The van der Waals surface area contributed by atoms with Crippen molar-refractivity contribution in [2.45, 2.75) is 64.0 Å². The lowest BCUT2D eigenvalue weighted by atomic mass is 9.79. The molecular weight excluding hydrogens is 296 g/mol. The number of nitrogens with zero attached hydrogens (tertiary/aromatic N) is 4. The van der Waals surface area contributed by atoms with Gasteiger partial charge in [-0.3, -0.25) is 9.80 Å². The Kier molecular flexibility index (Phi) is 6.58.